The van der Waals surface area contributed by atoms with Crippen LogP contribution in [0.3, 0.4) is 0 Å². The van der Waals surface area contributed by atoms with Crippen LogP contribution < -0.4 is 0 Å². The van der Waals surface area contributed by atoms with Gasteiger partial charge in [-0.3, -0.25) is 0 Å². The average Bonchev–Trinajstić information content (AvgIpc) is 2.36. The number of rotatable bonds is 5. The third-order valence-corrected chi connectivity index (χ3v) is 4.48. The maximum absolute atomic E-state index is 13.2. The summed E-state index contributed by atoms with van der Waals surface area (Å²) in [6.07, 6.45) is 8.83. The summed E-state index contributed by atoms with van der Waals surface area (Å²) in [7, 11) is 0. The van der Waals surface area contributed by atoms with Crippen LogP contribution in [0.1, 0.15) is 50.5 Å². The van der Waals surface area contributed by atoms with Crippen LogP contribution in [0.2, 0.25) is 0 Å². The lowest BCUT2D eigenvalue weighted by molar-refractivity contribution is 0.149. The van der Waals surface area contributed by atoms with Gasteiger partial charge in [0.15, 0.2) is 0 Å². The number of hydrogen-bond donors (Lipinski definition) is 1. The number of halogens is 2. The molecule has 19 heavy (non-hydrogen) atoms. The van der Waals surface area contributed by atoms with Gasteiger partial charge in [-0.2, -0.15) is 0 Å². The number of aliphatic hydroxyl groups is 1. The summed E-state index contributed by atoms with van der Waals surface area (Å²) >= 11 is 3.28. The highest BCUT2D eigenvalue weighted by atomic mass is 79.9. The van der Waals surface area contributed by atoms with E-state index in [1.54, 1.807) is 0 Å². The zero-order valence-corrected chi connectivity index (χ0v) is 12.8. The lowest BCUT2D eigenvalue weighted by atomic mass is 9.85. The summed E-state index contributed by atoms with van der Waals surface area (Å²) in [4.78, 5) is 0. The van der Waals surface area contributed by atoms with Gasteiger partial charge in [0, 0.05) is 4.47 Å². The van der Waals surface area contributed by atoms with Crippen molar-refractivity contribution in [3.05, 3.63) is 34.1 Å². The third kappa shape index (κ3) is 5.23. The second-order valence-electron chi connectivity index (χ2n) is 5.72. The molecule has 1 nitrogen and oxygen atoms in total. The largest absolute Gasteiger partial charge is 0.393 e. The van der Waals surface area contributed by atoms with Crippen molar-refractivity contribution >= 4 is 15.9 Å². The Morgan fingerprint density at radius 2 is 1.95 bits per heavy atom. The lowest BCUT2D eigenvalue weighted by Gasteiger charge is -2.22. The number of benzene rings is 1. The van der Waals surface area contributed by atoms with Crippen molar-refractivity contribution in [1.82, 2.24) is 0 Å². The molecule has 3 heteroatoms. The van der Waals surface area contributed by atoms with Crippen LogP contribution in [-0.2, 0) is 6.42 Å². The molecule has 0 aliphatic heterocycles. The standard InChI is InChI=1S/C16H22BrFO/c17-14-8-13(9-15(18)11-14)10-16(19)7-6-12-4-2-1-3-5-12/h8-9,11-12,16,19H,1-7,10H2. The molecule has 0 spiro atoms. The van der Waals surface area contributed by atoms with Crippen molar-refractivity contribution in [3.63, 3.8) is 0 Å². The molecular weight excluding hydrogens is 307 g/mol. The lowest BCUT2D eigenvalue weighted by Crippen LogP contribution is -2.14. The molecule has 0 radical (unpaired) electrons. The molecule has 1 saturated carbocycles. The minimum Gasteiger partial charge on any atom is -0.393 e. The van der Waals surface area contributed by atoms with Crippen molar-refractivity contribution in [3.8, 4) is 0 Å². The van der Waals surface area contributed by atoms with Gasteiger partial charge in [-0.05, 0) is 48.9 Å². The molecule has 1 aromatic rings. The SMILES string of the molecule is OC(CCC1CCCCC1)Cc1cc(F)cc(Br)c1. The summed E-state index contributed by atoms with van der Waals surface area (Å²) in [5.74, 6) is 0.548. The molecule has 0 heterocycles. The fourth-order valence-corrected chi connectivity index (χ4v) is 3.52. The molecule has 0 amide bonds. The molecule has 0 aromatic heterocycles. The Kier molecular flexibility index (Phi) is 5.83. The van der Waals surface area contributed by atoms with E-state index in [1.165, 1.54) is 44.2 Å². The highest BCUT2D eigenvalue weighted by Crippen LogP contribution is 2.28. The molecule has 106 valence electrons. The Hall–Kier alpha value is -0.410. The van der Waals surface area contributed by atoms with E-state index in [0.717, 1.165) is 28.8 Å². The Balaban J connectivity index is 1.78. The normalized spacial score (nSPS) is 18.5. The minimum atomic E-state index is -0.351. The van der Waals surface area contributed by atoms with Gasteiger partial charge in [0.25, 0.3) is 0 Å². The number of hydrogen-bond acceptors (Lipinski definition) is 1. The Morgan fingerprint density at radius 1 is 1.21 bits per heavy atom. The summed E-state index contributed by atoms with van der Waals surface area (Å²) in [6, 6.07) is 4.83. The second kappa shape index (κ2) is 7.39. The third-order valence-electron chi connectivity index (χ3n) is 4.03. The predicted octanol–water partition coefficient (Wildman–Crippen LogP) is 4.85. The van der Waals surface area contributed by atoms with Crippen molar-refractivity contribution in [2.45, 2.75) is 57.5 Å². The Bertz CT molecular complexity index is 381. The van der Waals surface area contributed by atoms with Crippen LogP contribution in [0.5, 0.6) is 0 Å². The second-order valence-corrected chi connectivity index (χ2v) is 6.63. The highest BCUT2D eigenvalue weighted by molar-refractivity contribution is 9.10. The highest BCUT2D eigenvalue weighted by Gasteiger charge is 2.15. The number of aliphatic hydroxyl groups excluding tert-OH is 1. The van der Waals surface area contributed by atoms with E-state index in [2.05, 4.69) is 15.9 Å². The van der Waals surface area contributed by atoms with E-state index in [4.69, 9.17) is 0 Å². The molecule has 1 atom stereocenters. The van der Waals surface area contributed by atoms with E-state index >= 15 is 0 Å². The van der Waals surface area contributed by atoms with Crippen molar-refractivity contribution in [2.75, 3.05) is 0 Å². The topological polar surface area (TPSA) is 20.2 Å². The minimum absolute atomic E-state index is 0.246. The molecule has 2 rings (SSSR count). The summed E-state index contributed by atoms with van der Waals surface area (Å²) in [5.41, 5.74) is 0.864. The first-order valence-corrected chi connectivity index (χ1v) is 8.06. The van der Waals surface area contributed by atoms with Crippen LogP contribution in [0, 0.1) is 11.7 Å². The molecular formula is C16H22BrFO. The molecule has 1 aliphatic carbocycles. The zero-order chi connectivity index (χ0) is 13.7. The average molecular weight is 329 g/mol. The first-order valence-electron chi connectivity index (χ1n) is 7.26. The fourth-order valence-electron chi connectivity index (χ4n) is 3.01. The van der Waals surface area contributed by atoms with Gasteiger partial charge in [-0.1, -0.05) is 48.0 Å². The van der Waals surface area contributed by atoms with Crippen molar-refractivity contribution < 1.29 is 9.50 Å². The van der Waals surface area contributed by atoms with Gasteiger partial charge in [-0.15, -0.1) is 0 Å². The van der Waals surface area contributed by atoms with Crippen LogP contribution in [0.4, 0.5) is 4.39 Å². The van der Waals surface area contributed by atoms with Gasteiger partial charge >= 0.3 is 0 Å². The van der Waals surface area contributed by atoms with Gasteiger partial charge < -0.3 is 5.11 Å². The fraction of sp³-hybridized carbons (Fsp3) is 0.625. The Labute approximate surface area is 123 Å². The van der Waals surface area contributed by atoms with E-state index in [1.807, 2.05) is 6.07 Å². The predicted molar refractivity (Wildman–Crippen MR) is 79.6 cm³/mol. The zero-order valence-electron chi connectivity index (χ0n) is 11.2. The maximum atomic E-state index is 13.2. The van der Waals surface area contributed by atoms with Gasteiger partial charge in [-0.25, -0.2) is 4.39 Å². The van der Waals surface area contributed by atoms with Gasteiger partial charge in [0.1, 0.15) is 5.82 Å². The van der Waals surface area contributed by atoms with Crippen LogP contribution in [-0.4, -0.2) is 11.2 Å². The monoisotopic (exact) mass is 328 g/mol. The molecule has 0 saturated heterocycles. The van der Waals surface area contributed by atoms with E-state index < -0.39 is 0 Å². The molecule has 0 bridgehead atoms. The summed E-state index contributed by atoms with van der Waals surface area (Å²) in [5, 5.41) is 10.1. The quantitative estimate of drug-likeness (QED) is 0.818. The van der Waals surface area contributed by atoms with E-state index in [9.17, 15) is 9.50 Å². The van der Waals surface area contributed by atoms with Gasteiger partial charge in [0.05, 0.1) is 6.10 Å². The van der Waals surface area contributed by atoms with Crippen LogP contribution in [0.15, 0.2) is 22.7 Å². The van der Waals surface area contributed by atoms with Crippen molar-refractivity contribution in [1.29, 1.82) is 0 Å². The van der Waals surface area contributed by atoms with Crippen LogP contribution in [0.25, 0.3) is 0 Å². The molecule has 1 aliphatic rings. The van der Waals surface area contributed by atoms with E-state index in [-0.39, 0.29) is 11.9 Å². The maximum Gasteiger partial charge on any atom is 0.124 e. The van der Waals surface area contributed by atoms with Crippen molar-refractivity contribution in [2.24, 2.45) is 5.92 Å². The molecule has 1 fully saturated rings. The van der Waals surface area contributed by atoms with E-state index in [0.29, 0.717) is 6.42 Å². The van der Waals surface area contributed by atoms with Crippen LogP contribution >= 0.6 is 15.9 Å². The van der Waals surface area contributed by atoms with Gasteiger partial charge in [0.2, 0.25) is 0 Å². The summed E-state index contributed by atoms with van der Waals surface area (Å²) < 4.78 is 14.0. The first-order chi connectivity index (χ1) is 9.13. The smallest absolute Gasteiger partial charge is 0.124 e. The summed E-state index contributed by atoms with van der Waals surface area (Å²) in [6.45, 7) is 0. The molecule has 1 aromatic carbocycles. The molecule has 1 N–H and O–H groups in total. The molecule has 1 unspecified atom stereocenters. The Morgan fingerprint density at radius 3 is 2.63 bits per heavy atom. The first kappa shape index (κ1) is 15.0.